The summed E-state index contributed by atoms with van der Waals surface area (Å²) in [5.41, 5.74) is 2.77. The fourth-order valence-corrected chi connectivity index (χ4v) is 3.14. The Balaban J connectivity index is 1.89. The zero-order chi connectivity index (χ0) is 20.0. The number of anilines is 2. The van der Waals surface area contributed by atoms with Crippen LogP contribution in [-0.4, -0.2) is 14.5 Å². The lowest BCUT2D eigenvalue weighted by Gasteiger charge is -2.09. The third-order valence-corrected chi connectivity index (χ3v) is 4.64. The van der Waals surface area contributed by atoms with Crippen LogP contribution in [0.15, 0.2) is 42.7 Å². The van der Waals surface area contributed by atoms with E-state index in [4.69, 9.17) is 0 Å². The van der Waals surface area contributed by atoms with E-state index in [1.54, 1.807) is 4.57 Å². The molecule has 0 unspecified atom stereocenters. The third-order valence-electron chi connectivity index (χ3n) is 4.64. The Morgan fingerprint density at radius 2 is 1.50 bits per heavy atom. The molecule has 0 aliphatic carbocycles. The van der Waals surface area contributed by atoms with Crippen molar-refractivity contribution in [1.82, 2.24) is 14.5 Å². The summed E-state index contributed by atoms with van der Waals surface area (Å²) in [4.78, 5) is 8.50. The first-order chi connectivity index (χ1) is 13.4. The molecule has 2 aromatic carbocycles. The van der Waals surface area contributed by atoms with E-state index in [2.05, 4.69) is 15.3 Å². The topological polar surface area (TPSA) is 42.7 Å². The summed E-state index contributed by atoms with van der Waals surface area (Å²) in [6.45, 7) is 3.66. The molecule has 0 atom stereocenters. The molecule has 28 heavy (non-hydrogen) atoms. The van der Waals surface area contributed by atoms with Gasteiger partial charge in [-0.2, -0.15) is 0 Å². The molecule has 4 nitrogen and oxygen atoms in total. The zero-order valence-electron chi connectivity index (χ0n) is 14.9. The van der Waals surface area contributed by atoms with Crippen molar-refractivity contribution in [3.8, 4) is 5.69 Å². The maximum absolute atomic E-state index is 13.7. The second-order valence-corrected chi connectivity index (χ2v) is 6.32. The van der Waals surface area contributed by atoms with E-state index in [9.17, 15) is 17.6 Å². The van der Waals surface area contributed by atoms with Gasteiger partial charge in [-0.15, -0.1) is 0 Å². The minimum absolute atomic E-state index is 0.316. The van der Waals surface area contributed by atoms with Crippen molar-refractivity contribution < 1.29 is 17.6 Å². The summed E-state index contributed by atoms with van der Waals surface area (Å²) in [5, 5.41) is 3.60. The van der Waals surface area contributed by atoms with Gasteiger partial charge in [-0.1, -0.05) is 0 Å². The number of hydrogen-bond acceptors (Lipinski definition) is 3. The second-order valence-electron chi connectivity index (χ2n) is 6.32. The van der Waals surface area contributed by atoms with E-state index in [0.717, 1.165) is 35.5 Å². The number of fused-ring (bicyclic) bond motifs is 1. The molecule has 0 saturated heterocycles. The number of nitrogens with zero attached hydrogens (tertiary/aromatic N) is 3. The van der Waals surface area contributed by atoms with Gasteiger partial charge in [0, 0.05) is 23.5 Å². The number of rotatable bonds is 3. The van der Waals surface area contributed by atoms with Crippen molar-refractivity contribution in [1.29, 1.82) is 0 Å². The standard InChI is InChI=1S/C20H14F4N4/c1-10-11(2)28(13-4-6-15(22)17(24)8-13)20-18(10)19(25-9-26-20)27-12-3-5-14(21)16(23)7-12/h3-9H,1-2H3,(H,25,26,27). The van der Waals surface area contributed by atoms with Gasteiger partial charge in [0.05, 0.1) is 11.1 Å². The highest BCUT2D eigenvalue weighted by molar-refractivity contribution is 5.94. The first kappa shape index (κ1) is 18.0. The Hall–Kier alpha value is -3.42. The molecule has 0 amide bonds. The highest BCUT2D eigenvalue weighted by atomic mass is 19.2. The molecule has 0 aliphatic rings. The van der Waals surface area contributed by atoms with Crippen molar-refractivity contribution in [2.24, 2.45) is 0 Å². The SMILES string of the molecule is Cc1c(C)n(-c2ccc(F)c(F)c2)c2ncnc(Nc3ccc(F)c(F)c3)c12. The van der Waals surface area contributed by atoms with Gasteiger partial charge in [-0.05, 0) is 43.7 Å². The molecule has 0 fully saturated rings. The van der Waals surface area contributed by atoms with Gasteiger partial charge in [-0.3, -0.25) is 4.57 Å². The lowest BCUT2D eigenvalue weighted by atomic mass is 10.2. The van der Waals surface area contributed by atoms with Crippen molar-refractivity contribution in [3.63, 3.8) is 0 Å². The van der Waals surface area contributed by atoms with Crippen molar-refractivity contribution in [2.75, 3.05) is 5.32 Å². The molecule has 4 aromatic rings. The first-order valence-electron chi connectivity index (χ1n) is 8.37. The van der Waals surface area contributed by atoms with E-state index in [1.165, 1.54) is 18.5 Å². The van der Waals surface area contributed by atoms with Crippen LogP contribution in [0.3, 0.4) is 0 Å². The van der Waals surface area contributed by atoms with Gasteiger partial charge >= 0.3 is 0 Å². The molecular formula is C20H14F4N4. The summed E-state index contributed by atoms with van der Waals surface area (Å²) in [5.74, 6) is -3.45. The average molecular weight is 386 g/mol. The molecule has 0 radical (unpaired) electrons. The molecule has 142 valence electrons. The van der Waals surface area contributed by atoms with Crippen LogP contribution in [0.4, 0.5) is 29.1 Å². The second kappa shape index (κ2) is 6.63. The average Bonchev–Trinajstić information content (AvgIpc) is 2.92. The van der Waals surface area contributed by atoms with Gasteiger partial charge < -0.3 is 5.32 Å². The van der Waals surface area contributed by atoms with E-state index in [0.29, 0.717) is 28.2 Å². The summed E-state index contributed by atoms with van der Waals surface area (Å²) in [7, 11) is 0. The van der Waals surface area contributed by atoms with Crippen molar-refractivity contribution >= 4 is 22.5 Å². The molecule has 0 bridgehead atoms. The predicted octanol–water partition coefficient (Wildman–Crippen LogP) is 5.34. The number of benzene rings is 2. The first-order valence-corrected chi connectivity index (χ1v) is 8.37. The highest BCUT2D eigenvalue weighted by Crippen LogP contribution is 2.33. The smallest absolute Gasteiger partial charge is 0.160 e. The molecule has 0 aliphatic heterocycles. The van der Waals surface area contributed by atoms with Crippen LogP contribution in [0.25, 0.3) is 16.7 Å². The zero-order valence-corrected chi connectivity index (χ0v) is 14.9. The summed E-state index contributed by atoms with van der Waals surface area (Å²) >= 11 is 0. The number of hydrogen-bond donors (Lipinski definition) is 1. The van der Waals surface area contributed by atoms with Gasteiger partial charge in [0.25, 0.3) is 0 Å². The molecule has 2 heterocycles. The molecule has 4 rings (SSSR count). The molecule has 8 heteroatoms. The van der Waals surface area contributed by atoms with Gasteiger partial charge in [0.2, 0.25) is 0 Å². The van der Waals surface area contributed by atoms with Crippen molar-refractivity contribution in [2.45, 2.75) is 13.8 Å². The summed E-state index contributed by atoms with van der Waals surface area (Å²) < 4.78 is 55.4. The van der Waals surface area contributed by atoms with E-state index >= 15 is 0 Å². The Labute approximate surface area is 157 Å². The normalized spacial score (nSPS) is 11.2. The van der Waals surface area contributed by atoms with Crippen molar-refractivity contribution in [3.05, 3.63) is 77.3 Å². The lowest BCUT2D eigenvalue weighted by molar-refractivity contribution is 0.508. The number of aryl methyl sites for hydroxylation is 1. The fourth-order valence-electron chi connectivity index (χ4n) is 3.14. The Morgan fingerprint density at radius 3 is 2.18 bits per heavy atom. The lowest BCUT2D eigenvalue weighted by Crippen LogP contribution is -2.01. The number of aromatic nitrogens is 3. The van der Waals surface area contributed by atoms with E-state index in [-0.39, 0.29) is 0 Å². The maximum Gasteiger partial charge on any atom is 0.160 e. The monoisotopic (exact) mass is 386 g/mol. The molecule has 1 N–H and O–H groups in total. The Morgan fingerprint density at radius 1 is 0.821 bits per heavy atom. The fraction of sp³-hybridized carbons (Fsp3) is 0.100. The van der Waals surface area contributed by atoms with E-state index < -0.39 is 23.3 Å². The van der Waals surface area contributed by atoms with Crippen LogP contribution in [0, 0.1) is 37.1 Å². The van der Waals surface area contributed by atoms with E-state index in [1.807, 2.05) is 13.8 Å². The highest BCUT2D eigenvalue weighted by Gasteiger charge is 2.19. The molecule has 2 aromatic heterocycles. The quantitative estimate of drug-likeness (QED) is 0.484. The van der Waals surface area contributed by atoms with Crippen LogP contribution in [0.5, 0.6) is 0 Å². The third kappa shape index (κ3) is 2.87. The Kier molecular flexibility index (Phi) is 4.26. The van der Waals surface area contributed by atoms with Crippen LogP contribution in [-0.2, 0) is 0 Å². The van der Waals surface area contributed by atoms with Crippen LogP contribution in [0.2, 0.25) is 0 Å². The number of nitrogens with one attached hydrogen (secondary N) is 1. The minimum Gasteiger partial charge on any atom is -0.339 e. The molecular weight excluding hydrogens is 372 g/mol. The van der Waals surface area contributed by atoms with Crippen LogP contribution in [0.1, 0.15) is 11.3 Å². The minimum atomic E-state index is -0.984. The summed E-state index contributed by atoms with van der Waals surface area (Å²) in [6.07, 6.45) is 1.31. The number of halogens is 4. The maximum atomic E-state index is 13.7. The molecule has 0 spiro atoms. The largest absolute Gasteiger partial charge is 0.339 e. The predicted molar refractivity (Wildman–Crippen MR) is 97.9 cm³/mol. The van der Waals surface area contributed by atoms with Gasteiger partial charge in [0.1, 0.15) is 12.1 Å². The van der Waals surface area contributed by atoms with Crippen LogP contribution < -0.4 is 5.32 Å². The Bertz CT molecular complexity index is 1220. The summed E-state index contributed by atoms with van der Waals surface area (Å²) in [6, 6.07) is 7.02. The van der Waals surface area contributed by atoms with Gasteiger partial charge in [-0.25, -0.2) is 27.5 Å². The van der Waals surface area contributed by atoms with Crippen LogP contribution >= 0.6 is 0 Å². The van der Waals surface area contributed by atoms with Gasteiger partial charge in [0.15, 0.2) is 28.9 Å². The molecule has 0 saturated carbocycles.